The molecule has 1 amide bonds. The fourth-order valence-electron chi connectivity index (χ4n) is 2.07. The van der Waals surface area contributed by atoms with E-state index in [1.54, 1.807) is 0 Å². The van der Waals surface area contributed by atoms with Gasteiger partial charge < -0.3 is 10.6 Å². The first-order valence-electron chi connectivity index (χ1n) is 5.92. The highest BCUT2D eigenvalue weighted by molar-refractivity contribution is 5.92. The molecule has 1 aliphatic heterocycles. The van der Waals surface area contributed by atoms with Crippen LogP contribution in [0.15, 0.2) is 18.2 Å². The van der Waals surface area contributed by atoms with Gasteiger partial charge in [0.05, 0.1) is 11.3 Å². The molecule has 1 heterocycles. The second-order valence-electron chi connectivity index (χ2n) is 4.35. The van der Waals surface area contributed by atoms with Crippen LogP contribution in [0.1, 0.15) is 24.8 Å². The van der Waals surface area contributed by atoms with Gasteiger partial charge in [0.15, 0.2) is 0 Å². The highest BCUT2D eigenvalue weighted by Gasteiger charge is 2.18. The summed E-state index contributed by atoms with van der Waals surface area (Å²) in [6, 6.07) is 5.82. The number of carbonyl (C=O) groups excluding carboxylic acids is 1. The van der Waals surface area contributed by atoms with Crippen LogP contribution in [-0.2, 0) is 4.79 Å². The molecule has 94 valence electrons. The highest BCUT2D eigenvalue weighted by atomic mass is 19.1. The number of nitriles is 1. The molecule has 1 aromatic carbocycles. The van der Waals surface area contributed by atoms with Crippen molar-refractivity contribution in [3.63, 3.8) is 0 Å². The molecule has 0 radical (unpaired) electrons. The third kappa shape index (κ3) is 3.05. The van der Waals surface area contributed by atoms with Crippen LogP contribution >= 0.6 is 0 Å². The minimum absolute atomic E-state index is 0.141. The molecule has 1 aromatic rings. The van der Waals surface area contributed by atoms with Gasteiger partial charge in [-0.05, 0) is 37.6 Å². The van der Waals surface area contributed by atoms with Crippen molar-refractivity contribution in [2.45, 2.75) is 25.3 Å². The monoisotopic (exact) mass is 247 g/mol. The minimum Gasteiger partial charge on any atom is -0.325 e. The Labute approximate surface area is 105 Å². The standard InChI is InChI=1S/C13H14FN3O/c14-10-3-4-12(9(6-10)8-15)17-13(18)7-11-2-1-5-16-11/h3-4,6,11,16H,1-2,5,7H2,(H,17,18). The third-order valence-electron chi connectivity index (χ3n) is 2.97. The maximum atomic E-state index is 12.9. The van der Waals surface area contributed by atoms with E-state index in [1.165, 1.54) is 12.1 Å². The Hall–Kier alpha value is -1.93. The van der Waals surface area contributed by atoms with E-state index in [0.717, 1.165) is 25.5 Å². The average molecular weight is 247 g/mol. The van der Waals surface area contributed by atoms with E-state index in [-0.39, 0.29) is 17.5 Å². The Morgan fingerprint density at radius 2 is 2.44 bits per heavy atom. The van der Waals surface area contributed by atoms with Gasteiger partial charge in [-0.1, -0.05) is 0 Å². The molecule has 2 rings (SSSR count). The summed E-state index contributed by atoms with van der Waals surface area (Å²) in [6.45, 7) is 0.942. The van der Waals surface area contributed by atoms with Gasteiger partial charge in [0.25, 0.3) is 0 Å². The van der Waals surface area contributed by atoms with Crippen molar-refractivity contribution in [3.8, 4) is 6.07 Å². The van der Waals surface area contributed by atoms with E-state index in [0.29, 0.717) is 12.1 Å². The zero-order valence-electron chi connectivity index (χ0n) is 9.87. The number of carbonyl (C=O) groups is 1. The van der Waals surface area contributed by atoms with Gasteiger partial charge in [-0.25, -0.2) is 4.39 Å². The van der Waals surface area contributed by atoms with E-state index in [2.05, 4.69) is 10.6 Å². The lowest BCUT2D eigenvalue weighted by Gasteiger charge is -2.11. The Kier molecular flexibility index (Phi) is 3.90. The number of halogens is 1. The summed E-state index contributed by atoms with van der Waals surface area (Å²) in [5.41, 5.74) is 0.504. The maximum Gasteiger partial charge on any atom is 0.225 e. The number of benzene rings is 1. The number of anilines is 1. The highest BCUT2D eigenvalue weighted by Crippen LogP contribution is 2.17. The quantitative estimate of drug-likeness (QED) is 0.855. The number of nitrogens with one attached hydrogen (secondary N) is 2. The molecule has 1 unspecified atom stereocenters. The van der Waals surface area contributed by atoms with Crippen LogP contribution in [0.25, 0.3) is 0 Å². The van der Waals surface area contributed by atoms with Crippen molar-refractivity contribution in [2.75, 3.05) is 11.9 Å². The van der Waals surface area contributed by atoms with Crippen LogP contribution in [0.4, 0.5) is 10.1 Å². The summed E-state index contributed by atoms with van der Waals surface area (Å²) in [5, 5.41) is 14.7. The van der Waals surface area contributed by atoms with Crippen LogP contribution in [0, 0.1) is 17.1 Å². The second-order valence-corrected chi connectivity index (χ2v) is 4.35. The number of rotatable bonds is 3. The van der Waals surface area contributed by atoms with Crippen molar-refractivity contribution >= 4 is 11.6 Å². The smallest absolute Gasteiger partial charge is 0.225 e. The predicted octanol–water partition coefficient (Wildman–Crippen LogP) is 1.78. The molecule has 4 nitrogen and oxygen atoms in total. The fourth-order valence-corrected chi connectivity index (χ4v) is 2.07. The summed E-state index contributed by atoms with van der Waals surface area (Å²) < 4.78 is 12.9. The largest absolute Gasteiger partial charge is 0.325 e. The van der Waals surface area contributed by atoms with Gasteiger partial charge in [-0.3, -0.25) is 4.79 Å². The molecule has 0 aromatic heterocycles. The molecule has 1 saturated heterocycles. The van der Waals surface area contributed by atoms with Gasteiger partial charge in [-0.15, -0.1) is 0 Å². The van der Waals surface area contributed by atoms with Crippen molar-refractivity contribution in [1.29, 1.82) is 5.26 Å². The van der Waals surface area contributed by atoms with Crippen LogP contribution in [0.3, 0.4) is 0 Å². The molecule has 0 spiro atoms. The Morgan fingerprint density at radius 3 is 3.11 bits per heavy atom. The maximum absolute atomic E-state index is 12.9. The number of hydrogen-bond acceptors (Lipinski definition) is 3. The van der Waals surface area contributed by atoms with E-state index in [4.69, 9.17) is 5.26 Å². The van der Waals surface area contributed by atoms with E-state index < -0.39 is 5.82 Å². The molecule has 0 saturated carbocycles. The number of hydrogen-bond donors (Lipinski definition) is 2. The molecule has 18 heavy (non-hydrogen) atoms. The molecule has 0 aliphatic carbocycles. The molecule has 0 bridgehead atoms. The molecule has 1 atom stereocenters. The summed E-state index contributed by atoms with van der Waals surface area (Å²) in [4.78, 5) is 11.8. The molecular weight excluding hydrogens is 233 g/mol. The first-order valence-corrected chi connectivity index (χ1v) is 5.92. The number of amides is 1. The SMILES string of the molecule is N#Cc1cc(F)ccc1NC(=O)CC1CCCN1. The van der Waals surface area contributed by atoms with Crippen molar-refractivity contribution in [3.05, 3.63) is 29.6 Å². The molecule has 1 aliphatic rings. The first-order chi connectivity index (χ1) is 8.69. The molecule has 2 N–H and O–H groups in total. The molecular formula is C13H14FN3O. The summed E-state index contributed by atoms with van der Waals surface area (Å²) in [6.07, 6.45) is 2.45. The summed E-state index contributed by atoms with van der Waals surface area (Å²) in [5.74, 6) is -0.639. The Morgan fingerprint density at radius 1 is 1.61 bits per heavy atom. The Bertz CT molecular complexity index is 489. The van der Waals surface area contributed by atoms with Crippen LogP contribution in [0.5, 0.6) is 0 Å². The Balaban J connectivity index is 2.00. The number of nitrogens with zero attached hydrogens (tertiary/aromatic N) is 1. The summed E-state index contributed by atoms with van der Waals surface area (Å²) in [7, 11) is 0. The topological polar surface area (TPSA) is 64.9 Å². The predicted molar refractivity (Wildman–Crippen MR) is 65.4 cm³/mol. The molecule has 1 fully saturated rings. The van der Waals surface area contributed by atoms with E-state index in [9.17, 15) is 9.18 Å². The van der Waals surface area contributed by atoms with Crippen molar-refractivity contribution < 1.29 is 9.18 Å². The fraction of sp³-hybridized carbons (Fsp3) is 0.385. The van der Waals surface area contributed by atoms with Gasteiger partial charge >= 0.3 is 0 Å². The van der Waals surface area contributed by atoms with Crippen LogP contribution in [0.2, 0.25) is 0 Å². The lowest BCUT2D eigenvalue weighted by Crippen LogP contribution is -2.27. The second kappa shape index (κ2) is 5.61. The average Bonchev–Trinajstić information content (AvgIpc) is 2.84. The zero-order chi connectivity index (χ0) is 13.0. The van der Waals surface area contributed by atoms with Crippen molar-refractivity contribution in [1.82, 2.24) is 5.32 Å². The van der Waals surface area contributed by atoms with E-state index in [1.807, 2.05) is 6.07 Å². The first kappa shape index (κ1) is 12.5. The van der Waals surface area contributed by atoms with Gasteiger partial charge in [0.1, 0.15) is 11.9 Å². The van der Waals surface area contributed by atoms with Crippen LogP contribution in [-0.4, -0.2) is 18.5 Å². The van der Waals surface area contributed by atoms with Gasteiger partial charge in [0.2, 0.25) is 5.91 Å². The lowest BCUT2D eigenvalue weighted by atomic mass is 10.1. The van der Waals surface area contributed by atoms with Crippen molar-refractivity contribution in [2.24, 2.45) is 0 Å². The lowest BCUT2D eigenvalue weighted by molar-refractivity contribution is -0.116. The zero-order valence-corrected chi connectivity index (χ0v) is 9.87. The summed E-state index contributed by atoms with van der Waals surface area (Å²) >= 11 is 0. The van der Waals surface area contributed by atoms with E-state index >= 15 is 0 Å². The van der Waals surface area contributed by atoms with Gasteiger partial charge in [0, 0.05) is 12.5 Å². The third-order valence-corrected chi connectivity index (χ3v) is 2.97. The van der Waals surface area contributed by atoms with Crippen LogP contribution < -0.4 is 10.6 Å². The normalized spacial score (nSPS) is 18.3. The van der Waals surface area contributed by atoms with Gasteiger partial charge in [-0.2, -0.15) is 5.26 Å². The minimum atomic E-state index is -0.484. The molecule has 5 heteroatoms.